The van der Waals surface area contributed by atoms with Crippen molar-refractivity contribution >= 4 is 11.7 Å². The van der Waals surface area contributed by atoms with E-state index in [-0.39, 0.29) is 44.5 Å². The molecule has 0 heterocycles. The smallest absolute Gasteiger partial charge is 0.0888 e. The van der Waals surface area contributed by atoms with Crippen LogP contribution in [-0.2, 0) is 37.5 Å². The van der Waals surface area contributed by atoms with E-state index in [0.29, 0.717) is 6.54 Å². The maximum Gasteiger partial charge on any atom is 0.0888 e. The fraction of sp³-hybridized carbons (Fsp3) is 0.500. The number of amidine groups is 1. The standard InChI is InChI=1S/C6H12N3O.Y/c1-3-9-5(7)4-6(10)8-2;/h4H,3H2,1-2H3,(H2,7,9)(H,8,10);/q-1;. The zero-order chi connectivity index (χ0) is 7.98. The molecule has 11 heavy (non-hydrogen) atoms. The van der Waals surface area contributed by atoms with Crippen molar-refractivity contribution in [2.24, 2.45) is 10.7 Å². The SMILES string of the molecule is CCN=C(N)[CH-]C(=O)NC.[Y]. The average Bonchev–Trinajstić information content (AvgIpc) is 1.88. The number of nitrogens with two attached hydrogens (primary N) is 1. The molecule has 3 N–H and O–H groups in total. The first-order valence-corrected chi connectivity index (χ1v) is 3.07. The van der Waals surface area contributed by atoms with Gasteiger partial charge in [-0.15, -0.1) is 0 Å². The van der Waals surface area contributed by atoms with Gasteiger partial charge in [-0.25, -0.2) is 6.42 Å². The summed E-state index contributed by atoms with van der Waals surface area (Å²) >= 11 is 0. The molecule has 0 rings (SSSR count). The van der Waals surface area contributed by atoms with E-state index in [9.17, 15) is 4.79 Å². The first-order valence-electron chi connectivity index (χ1n) is 3.07. The number of amides is 1. The first kappa shape index (κ1) is 13.5. The van der Waals surface area contributed by atoms with Crippen LogP contribution in [0.1, 0.15) is 6.92 Å². The Morgan fingerprint density at radius 2 is 2.27 bits per heavy atom. The molecule has 0 fully saturated rings. The quantitative estimate of drug-likeness (QED) is 0.383. The molecule has 0 aliphatic heterocycles. The van der Waals surface area contributed by atoms with Crippen LogP contribution in [0.2, 0.25) is 0 Å². The second kappa shape index (κ2) is 8.01. The molecule has 1 radical (unpaired) electrons. The summed E-state index contributed by atoms with van der Waals surface area (Å²) in [6, 6.07) is 0. The van der Waals surface area contributed by atoms with E-state index in [1.54, 1.807) is 0 Å². The molecule has 0 aliphatic rings. The van der Waals surface area contributed by atoms with Crippen molar-refractivity contribution < 1.29 is 37.5 Å². The van der Waals surface area contributed by atoms with Gasteiger partial charge in [0, 0.05) is 46.3 Å². The molecule has 61 valence electrons. The molecule has 0 spiro atoms. The third-order valence-electron chi connectivity index (χ3n) is 0.866. The minimum Gasteiger partial charge on any atom is -0.411 e. The molecular weight excluding hydrogens is 219 g/mol. The van der Waals surface area contributed by atoms with Gasteiger partial charge in [0.15, 0.2) is 0 Å². The zero-order valence-corrected chi connectivity index (χ0v) is 9.63. The molecule has 5 heteroatoms. The van der Waals surface area contributed by atoms with Crippen LogP contribution >= 0.6 is 0 Å². The van der Waals surface area contributed by atoms with E-state index in [1.165, 1.54) is 13.5 Å². The second-order valence-corrected chi connectivity index (χ2v) is 1.66. The molecule has 0 bridgehead atoms. The number of aliphatic imine (C=N–C) groups is 1. The summed E-state index contributed by atoms with van der Waals surface area (Å²) in [4.78, 5) is 14.4. The summed E-state index contributed by atoms with van der Waals surface area (Å²) in [7, 11) is 1.54. The summed E-state index contributed by atoms with van der Waals surface area (Å²) in [5.74, 6) is 0.0385. The molecular formula is C6H12N3OY-. The van der Waals surface area contributed by atoms with E-state index in [4.69, 9.17) is 5.73 Å². The summed E-state index contributed by atoms with van der Waals surface area (Å²) in [5, 5.41) is 2.40. The molecule has 0 aromatic carbocycles. The van der Waals surface area contributed by atoms with Gasteiger partial charge in [-0.05, 0) is 12.8 Å². The number of hydrogen-bond acceptors (Lipinski definition) is 2. The number of nitrogens with one attached hydrogen (secondary N) is 1. The minimum atomic E-state index is -0.227. The molecule has 0 unspecified atom stereocenters. The summed E-state index contributed by atoms with van der Waals surface area (Å²) in [6.45, 7) is 2.45. The Kier molecular flexibility index (Phi) is 9.84. The van der Waals surface area contributed by atoms with Crippen LogP contribution < -0.4 is 11.1 Å². The van der Waals surface area contributed by atoms with E-state index in [0.717, 1.165) is 0 Å². The van der Waals surface area contributed by atoms with Crippen molar-refractivity contribution in [1.29, 1.82) is 0 Å². The van der Waals surface area contributed by atoms with E-state index in [1.807, 2.05) is 6.92 Å². The maximum absolute atomic E-state index is 10.6. The van der Waals surface area contributed by atoms with Crippen LogP contribution in [0, 0.1) is 6.42 Å². The largest absolute Gasteiger partial charge is 0.411 e. The van der Waals surface area contributed by atoms with Crippen LogP contribution in [0.5, 0.6) is 0 Å². The van der Waals surface area contributed by atoms with Crippen molar-refractivity contribution in [2.75, 3.05) is 13.6 Å². The number of rotatable bonds is 3. The zero-order valence-electron chi connectivity index (χ0n) is 6.79. The van der Waals surface area contributed by atoms with Crippen LogP contribution in [-0.4, -0.2) is 25.3 Å². The molecule has 0 saturated heterocycles. The van der Waals surface area contributed by atoms with E-state index < -0.39 is 0 Å². The Morgan fingerprint density at radius 3 is 2.64 bits per heavy atom. The Labute approximate surface area is 91.9 Å². The summed E-state index contributed by atoms with van der Waals surface area (Å²) in [5.41, 5.74) is 5.29. The van der Waals surface area contributed by atoms with Crippen molar-refractivity contribution in [1.82, 2.24) is 5.32 Å². The monoisotopic (exact) mass is 231 g/mol. The Hall–Kier alpha value is -0.0861. The van der Waals surface area contributed by atoms with E-state index >= 15 is 0 Å². The van der Waals surface area contributed by atoms with Gasteiger partial charge in [0.25, 0.3) is 0 Å². The summed E-state index contributed by atoms with van der Waals surface area (Å²) in [6.07, 6.45) is 1.25. The van der Waals surface area contributed by atoms with Crippen molar-refractivity contribution in [3.05, 3.63) is 6.42 Å². The van der Waals surface area contributed by atoms with Crippen molar-refractivity contribution in [3.8, 4) is 0 Å². The average molecular weight is 231 g/mol. The molecule has 0 aromatic heterocycles. The first-order chi connectivity index (χ1) is 4.70. The molecule has 0 aromatic rings. The Morgan fingerprint density at radius 1 is 1.73 bits per heavy atom. The van der Waals surface area contributed by atoms with Crippen molar-refractivity contribution in [3.63, 3.8) is 0 Å². The molecule has 0 aliphatic carbocycles. The number of hydrogen-bond donors (Lipinski definition) is 2. The summed E-state index contributed by atoms with van der Waals surface area (Å²) < 4.78 is 0. The number of nitrogens with zero attached hydrogens (tertiary/aromatic N) is 1. The maximum atomic E-state index is 10.6. The molecule has 4 nitrogen and oxygen atoms in total. The second-order valence-electron chi connectivity index (χ2n) is 1.66. The van der Waals surface area contributed by atoms with Gasteiger partial charge < -0.3 is 20.8 Å². The van der Waals surface area contributed by atoms with Gasteiger partial charge in [0.05, 0.1) is 5.91 Å². The van der Waals surface area contributed by atoms with Gasteiger partial charge in [-0.3, -0.25) is 0 Å². The van der Waals surface area contributed by atoms with Crippen LogP contribution in [0.3, 0.4) is 0 Å². The van der Waals surface area contributed by atoms with E-state index in [2.05, 4.69) is 10.3 Å². The van der Waals surface area contributed by atoms with Gasteiger partial charge >= 0.3 is 0 Å². The topological polar surface area (TPSA) is 67.5 Å². The number of carbonyl (C=O) groups is 1. The fourth-order valence-electron chi connectivity index (χ4n) is 0.435. The predicted molar refractivity (Wildman–Crippen MR) is 40.5 cm³/mol. The van der Waals surface area contributed by atoms with Crippen LogP contribution in [0.15, 0.2) is 4.99 Å². The number of carbonyl (C=O) groups excluding carboxylic acids is 1. The van der Waals surface area contributed by atoms with Crippen LogP contribution in [0.25, 0.3) is 0 Å². The molecule has 0 atom stereocenters. The molecule has 1 amide bonds. The van der Waals surface area contributed by atoms with Gasteiger partial charge in [0.2, 0.25) is 0 Å². The van der Waals surface area contributed by atoms with Gasteiger partial charge in [-0.1, -0.05) is 0 Å². The Bertz CT molecular complexity index is 147. The predicted octanol–water partition coefficient (Wildman–Crippen LogP) is -0.689. The third kappa shape index (κ3) is 7.81. The van der Waals surface area contributed by atoms with Crippen LogP contribution in [0.4, 0.5) is 0 Å². The normalized spacial score (nSPS) is 9.82. The van der Waals surface area contributed by atoms with Crippen molar-refractivity contribution in [2.45, 2.75) is 6.92 Å². The minimum absolute atomic E-state index is 0. The third-order valence-corrected chi connectivity index (χ3v) is 0.866. The van der Waals surface area contributed by atoms with Gasteiger partial charge in [0.1, 0.15) is 0 Å². The molecule has 0 saturated carbocycles. The van der Waals surface area contributed by atoms with Gasteiger partial charge in [-0.2, -0.15) is 0 Å². The Balaban J connectivity index is 0. The fourth-order valence-corrected chi connectivity index (χ4v) is 0.435.